The molecule has 2 atom stereocenters. The molecule has 0 aliphatic carbocycles. The zero-order chi connectivity index (χ0) is 14.2. The van der Waals surface area contributed by atoms with E-state index in [0.29, 0.717) is 12.1 Å². The van der Waals surface area contributed by atoms with Crippen LogP contribution in [0.15, 0.2) is 27.1 Å². The summed E-state index contributed by atoms with van der Waals surface area (Å²) in [6.45, 7) is 2.63. The Labute approximate surface area is 128 Å². The van der Waals surface area contributed by atoms with Gasteiger partial charge in [0.2, 0.25) is 0 Å². The standard InChI is InChI=1S/C13H13Br2NO3/c1-7-5-16(6-11(7)13(18)19)12(17)8-2-9(14)4-10(15)3-8/h2-4,7,11H,5-6H2,1H3,(H,18,19)/t7-,11-/m1/s1. The van der Waals surface area contributed by atoms with Gasteiger partial charge in [-0.3, -0.25) is 9.59 Å². The lowest BCUT2D eigenvalue weighted by Crippen LogP contribution is -2.29. The Morgan fingerprint density at radius 2 is 1.79 bits per heavy atom. The van der Waals surface area contributed by atoms with Crippen molar-refractivity contribution < 1.29 is 14.7 Å². The molecule has 0 saturated carbocycles. The van der Waals surface area contributed by atoms with Crippen molar-refractivity contribution in [3.63, 3.8) is 0 Å². The highest BCUT2D eigenvalue weighted by molar-refractivity contribution is 9.11. The molecule has 6 heteroatoms. The lowest BCUT2D eigenvalue weighted by molar-refractivity contribution is -0.142. The molecule has 1 heterocycles. The molecule has 0 unspecified atom stereocenters. The highest BCUT2D eigenvalue weighted by atomic mass is 79.9. The Balaban J connectivity index is 2.19. The summed E-state index contributed by atoms with van der Waals surface area (Å²) in [7, 11) is 0. The van der Waals surface area contributed by atoms with Crippen LogP contribution in [-0.4, -0.2) is 35.0 Å². The first-order valence-electron chi connectivity index (χ1n) is 5.86. The molecule has 1 N–H and O–H groups in total. The SMILES string of the molecule is C[C@@H]1CN(C(=O)c2cc(Br)cc(Br)c2)C[C@H]1C(=O)O. The number of halogens is 2. The first kappa shape index (κ1) is 14.5. The second kappa shape index (κ2) is 5.63. The number of nitrogens with zero attached hydrogens (tertiary/aromatic N) is 1. The third kappa shape index (κ3) is 3.17. The summed E-state index contributed by atoms with van der Waals surface area (Å²) in [4.78, 5) is 25.0. The first-order chi connectivity index (χ1) is 8.88. The molecule has 102 valence electrons. The quantitative estimate of drug-likeness (QED) is 0.844. The summed E-state index contributed by atoms with van der Waals surface area (Å²) in [5, 5.41) is 9.09. The third-order valence-electron chi connectivity index (χ3n) is 3.33. The van der Waals surface area contributed by atoms with Crippen LogP contribution in [0.5, 0.6) is 0 Å². The third-order valence-corrected chi connectivity index (χ3v) is 4.24. The van der Waals surface area contributed by atoms with Crippen molar-refractivity contribution in [2.24, 2.45) is 11.8 Å². The smallest absolute Gasteiger partial charge is 0.308 e. The minimum atomic E-state index is -0.835. The van der Waals surface area contributed by atoms with E-state index in [0.717, 1.165) is 8.95 Å². The van der Waals surface area contributed by atoms with Gasteiger partial charge < -0.3 is 10.0 Å². The average molecular weight is 391 g/mol. The fraction of sp³-hybridized carbons (Fsp3) is 0.385. The zero-order valence-corrected chi connectivity index (χ0v) is 13.4. The number of amides is 1. The minimum absolute atomic E-state index is 0.0166. The maximum atomic E-state index is 12.4. The maximum Gasteiger partial charge on any atom is 0.308 e. The topological polar surface area (TPSA) is 57.6 Å². The first-order valence-corrected chi connectivity index (χ1v) is 7.45. The van der Waals surface area contributed by atoms with Crippen LogP contribution >= 0.6 is 31.9 Å². The van der Waals surface area contributed by atoms with Gasteiger partial charge in [0, 0.05) is 27.6 Å². The molecule has 0 spiro atoms. The van der Waals surface area contributed by atoms with Gasteiger partial charge in [0.05, 0.1) is 5.92 Å². The number of aliphatic carboxylic acids is 1. The molecule has 2 rings (SSSR count). The molecule has 0 bridgehead atoms. The molecule has 4 nitrogen and oxygen atoms in total. The minimum Gasteiger partial charge on any atom is -0.481 e. The Morgan fingerprint density at radius 3 is 2.26 bits per heavy atom. The van der Waals surface area contributed by atoms with Gasteiger partial charge in [0.25, 0.3) is 5.91 Å². The average Bonchev–Trinajstić information content (AvgIpc) is 2.69. The van der Waals surface area contributed by atoms with Crippen LogP contribution in [0.25, 0.3) is 0 Å². The fourth-order valence-electron chi connectivity index (χ4n) is 2.31. The molecule has 1 saturated heterocycles. The van der Waals surface area contributed by atoms with Crippen molar-refractivity contribution in [2.45, 2.75) is 6.92 Å². The Kier molecular flexibility index (Phi) is 4.30. The van der Waals surface area contributed by atoms with Crippen LogP contribution in [0.4, 0.5) is 0 Å². The van der Waals surface area contributed by atoms with E-state index in [4.69, 9.17) is 5.11 Å². The van der Waals surface area contributed by atoms with Crippen LogP contribution in [-0.2, 0) is 4.79 Å². The highest BCUT2D eigenvalue weighted by Crippen LogP contribution is 2.26. The molecule has 1 aromatic carbocycles. The van der Waals surface area contributed by atoms with Gasteiger partial charge in [-0.2, -0.15) is 0 Å². The van der Waals surface area contributed by atoms with Crippen LogP contribution in [0.1, 0.15) is 17.3 Å². The number of hydrogen-bond donors (Lipinski definition) is 1. The molecule has 19 heavy (non-hydrogen) atoms. The lowest BCUT2D eigenvalue weighted by atomic mass is 9.99. The summed E-state index contributed by atoms with van der Waals surface area (Å²) < 4.78 is 1.62. The summed E-state index contributed by atoms with van der Waals surface area (Å²) in [6, 6.07) is 5.33. The van der Waals surface area contributed by atoms with Crippen LogP contribution in [0.3, 0.4) is 0 Å². The van der Waals surface area contributed by atoms with Crippen molar-refractivity contribution >= 4 is 43.7 Å². The van der Waals surface area contributed by atoms with Crippen LogP contribution in [0.2, 0.25) is 0 Å². The summed E-state index contributed by atoms with van der Waals surface area (Å²) >= 11 is 6.68. The second-order valence-corrected chi connectivity index (χ2v) is 6.62. The molecule has 1 aliphatic heterocycles. The van der Waals surface area contributed by atoms with Gasteiger partial charge in [-0.1, -0.05) is 38.8 Å². The number of hydrogen-bond acceptors (Lipinski definition) is 2. The Morgan fingerprint density at radius 1 is 1.21 bits per heavy atom. The van der Waals surface area contributed by atoms with E-state index in [-0.39, 0.29) is 18.4 Å². The number of carboxylic acid groups (broad SMARTS) is 1. The van der Waals surface area contributed by atoms with Gasteiger partial charge in [0.15, 0.2) is 0 Å². The lowest BCUT2D eigenvalue weighted by Gasteiger charge is -2.16. The maximum absolute atomic E-state index is 12.4. The van der Waals surface area contributed by atoms with Crippen molar-refractivity contribution in [3.05, 3.63) is 32.7 Å². The molecule has 1 fully saturated rings. The van der Waals surface area contributed by atoms with E-state index in [1.807, 2.05) is 13.0 Å². The van der Waals surface area contributed by atoms with Crippen LogP contribution in [0, 0.1) is 11.8 Å². The molecule has 1 aliphatic rings. The largest absolute Gasteiger partial charge is 0.481 e. The second-order valence-electron chi connectivity index (χ2n) is 4.79. The van der Waals surface area contributed by atoms with Crippen LogP contribution < -0.4 is 0 Å². The van der Waals surface area contributed by atoms with E-state index in [2.05, 4.69) is 31.9 Å². The van der Waals surface area contributed by atoms with Crippen molar-refractivity contribution in [1.29, 1.82) is 0 Å². The summed E-state index contributed by atoms with van der Waals surface area (Å²) in [5.41, 5.74) is 0.555. The molecule has 0 aromatic heterocycles. The monoisotopic (exact) mass is 389 g/mol. The summed E-state index contributed by atoms with van der Waals surface area (Å²) in [5.74, 6) is -1.45. The molecule has 0 radical (unpaired) electrons. The van der Waals surface area contributed by atoms with Gasteiger partial charge in [-0.05, 0) is 24.1 Å². The number of benzene rings is 1. The number of carbonyl (C=O) groups is 2. The van der Waals surface area contributed by atoms with E-state index >= 15 is 0 Å². The number of carbonyl (C=O) groups excluding carboxylic acids is 1. The number of carboxylic acids is 1. The van der Waals surface area contributed by atoms with Gasteiger partial charge in [-0.15, -0.1) is 0 Å². The van der Waals surface area contributed by atoms with E-state index < -0.39 is 11.9 Å². The number of likely N-dealkylation sites (tertiary alicyclic amines) is 1. The van der Waals surface area contributed by atoms with Crippen molar-refractivity contribution in [1.82, 2.24) is 4.90 Å². The van der Waals surface area contributed by atoms with E-state index in [1.165, 1.54) is 0 Å². The van der Waals surface area contributed by atoms with Gasteiger partial charge in [-0.25, -0.2) is 0 Å². The predicted octanol–water partition coefficient (Wildman–Crippen LogP) is 3.00. The van der Waals surface area contributed by atoms with Gasteiger partial charge >= 0.3 is 5.97 Å². The fourth-order valence-corrected chi connectivity index (χ4v) is 3.61. The summed E-state index contributed by atoms with van der Waals surface area (Å²) in [6.07, 6.45) is 0. The Bertz CT molecular complexity index is 512. The molecule has 1 amide bonds. The Hall–Kier alpha value is -0.880. The van der Waals surface area contributed by atoms with Crippen molar-refractivity contribution in [2.75, 3.05) is 13.1 Å². The normalized spacial score (nSPS) is 22.6. The molecule has 1 aromatic rings. The molecular formula is C13H13Br2NO3. The number of rotatable bonds is 2. The van der Waals surface area contributed by atoms with E-state index in [1.54, 1.807) is 17.0 Å². The van der Waals surface area contributed by atoms with E-state index in [9.17, 15) is 9.59 Å². The molecular weight excluding hydrogens is 378 g/mol. The zero-order valence-electron chi connectivity index (χ0n) is 10.3. The predicted molar refractivity (Wildman–Crippen MR) is 78.0 cm³/mol. The van der Waals surface area contributed by atoms with Crippen molar-refractivity contribution in [3.8, 4) is 0 Å². The van der Waals surface area contributed by atoms with Gasteiger partial charge in [0.1, 0.15) is 0 Å². The highest BCUT2D eigenvalue weighted by Gasteiger charge is 2.37.